The van der Waals surface area contributed by atoms with Crippen LogP contribution in [-0.2, 0) is 17.6 Å². The summed E-state index contributed by atoms with van der Waals surface area (Å²) in [6.07, 6.45) is 6.01. The van der Waals surface area contributed by atoms with Gasteiger partial charge in [0.1, 0.15) is 11.1 Å². The van der Waals surface area contributed by atoms with Crippen LogP contribution in [0, 0.1) is 11.3 Å². The van der Waals surface area contributed by atoms with Gasteiger partial charge in [0.25, 0.3) is 0 Å². The second kappa shape index (κ2) is 5.36. The average Bonchev–Trinajstić information content (AvgIpc) is 2.64. The van der Waals surface area contributed by atoms with Crippen molar-refractivity contribution in [3.8, 4) is 6.07 Å². The van der Waals surface area contributed by atoms with Crippen LogP contribution in [0.5, 0.6) is 0 Å². The maximum absolute atomic E-state index is 11.0. The standard InChI is InChI=1S/C14H16N2OS/c1-9(7-10(2)17)16-14-12(8-15)11-5-3-4-6-13(11)18-14/h7,16H,3-6H2,1-2H3/b9-7+. The molecule has 0 aromatic carbocycles. The molecule has 1 aliphatic carbocycles. The molecule has 0 unspecified atom stereocenters. The van der Waals surface area contributed by atoms with Gasteiger partial charge >= 0.3 is 0 Å². The number of carbonyl (C=O) groups is 1. The van der Waals surface area contributed by atoms with E-state index in [2.05, 4.69) is 11.4 Å². The van der Waals surface area contributed by atoms with Crippen molar-refractivity contribution >= 4 is 22.1 Å². The molecule has 1 heterocycles. The van der Waals surface area contributed by atoms with Gasteiger partial charge in [0.05, 0.1) is 5.56 Å². The van der Waals surface area contributed by atoms with Gasteiger partial charge in [-0.1, -0.05) is 0 Å². The van der Waals surface area contributed by atoms with E-state index in [1.165, 1.54) is 30.2 Å². The summed E-state index contributed by atoms with van der Waals surface area (Å²) in [5.74, 6) is 0.0137. The zero-order valence-electron chi connectivity index (χ0n) is 10.7. The lowest BCUT2D eigenvalue weighted by molar-refractivity contribution is -0.112. The second-order valence-electron chi connectivity index (χ2n) is 4.59. The Balaban J connectivity index is 2.31. The lowest BCUT2D eigenvalue weighted by atomic mass is 9.96. The molecule has 1 N–H and O–H groups in total. The van der Waals surface area contributed by atoms with Gasteiger partial charge in [0.15, 0.2) is 5.78 Å². The number of nitrogens with zero attached hydrogens (tertiary/aromatic N) is 1. The molecule has 1 aliphatic rings. The fourth-order valence-electron chi connectivity index (χ4n) is 2.29. The molecule has 0 fully saturated rings. The first-order valence-electron chi connectivity index (χ1n) is 6.12. The Bertz CT molecular complexity index is 549. The minimum Gasteiger partial charge on any atom is -0.350 e. The molecule has 4 heteroatoms. The largest absolute Gasteiger partial charge is 0.350 e. The SMILES string of the molecule is CC(=O)/C=C(\C)Nc1sc2c(c1C#N)CCCC2. The molecule has 0 atom stereocenters. The molecule has 2 rings (SSSR count). The summed E-state index contributed by atoms with van der Waals surface area (Å²) in [5.41, 5.74) is 2.77. The second-order valence-corrected chi connectivity index (χ2v) is 5.69. The number of anilines is 1. The summed E-state index contributed by atoms with van der Waals surface area (Å²) in [7, 11) is 0. The van der Waals surface area contributed by atoms with Gasteiger partial charge in [-0.25, -0.2) is 0 Å². The highest BCUT2D eigenvalue weighted by Crippen LogP contribution is 2.38. The first kappa shape index (κ1) is 12.8. The molecule has 0 bridgehead atoms. The van der Waals surface area contributed by atoms with E-state index in [-0.39, 0.29) is 5.78 Å². The minimum atomic E-state index is 0.0137. The summed E-state index contributed by atoms with van der Waals surface area (Å²) >= 11 is 1.66. The van der Waals surface area contributed by atoms with Crippen LogP contribution in [0.3, 0.4) is 0 Å². The van der Waals surface area contributed by atoms with Gasteiger partial charge < -0.3 is 5.32 Å². The molecule has 1 aromatic rings. The monoisotopic (exact) mass is 260 g/mol. The third-order valence-electron chi connectivity index (χ3n) is 3.01. The number of hydrogen-bond acceptors (Lipinski definition) is 4. The van der Waals surface area contributed by atoms with Crippen molar-refractivity contribution in [3.63, 3.8) is 0 Å². The number of carbonyl (C=O) groups excluding carboxylic acids is 1. The predicted molar refractivity (Wildman–Crippen MR) is 73.7 cm³/mol. The zero-order chi connectivity index (χ0) is 13.1. The first-order chi connectivity index (χ1) is 8.61. The third-order valence-corrected chi connectivity index (χ3v) is 4.22. The number of rotatable bonds is 3. The Morgan fingerprint density at radius 2 is 2.11 bits per heavy atom. The van der Waals surface area contributed by atoms with Gasteiger partial charge in [0.2, 0.25) is 0 Å². The fraction of sp³-hybridized carbons (Fsp3) is 0.429. The highest BCUT2D eigenvalue weighted by molar-refractivity contribution is 7.16. The van der Waals surface area contributed by atoms with E-state index < -0.39 is 0 Å². The van der Waals surface area contributed by atoms with Crippen molar-refractivity contribution in [1.29, 1.82) is 5.26 Å². The van der Waals surface area contributed by atoms with Crippen LogP contribution < -0.4 is 5.32 Å². The van der Waals surface area contributed by atoms with Crippen molar-refractivity contribution < 1.29 is 4.79 Å². The van der Waals surface area contributed by atoms with E-state index in [0.29, 0.717) is 0 Å². The van der Waals surface area contributed by atoms with E-state index in [0.717, 1.165) is 29.1 Å². The maximum atomic E-state index is 11.0. The maximum Gasteiger partial charge on any atom is 0.154 e. The van der Waals surface area contributed by atoms with E-state index in [9.17, 15) is 10.1 Å². The smallest absolute Gasteiger partial charge is 0.154 e. The Labute approximate surface area is 111 Å². The molecule has 0 amide bonds. The Morgan fingerprint density at radius 1 is 1.39 bits per heavy atom. The van der Waals surface area contributed by atoms with Crippen LogP contribution in [0.2, 0.25) is 0 Å². The first-order valence-corrected chi connectivity index (χ1v) is 6.94. The van der Waals surface area contributed by atoms with Crippen molar-refractivity contribution in [3.05, 3.63) is 27.8 Å². The summed E-state index contributed by atoms with van der Waals surface area (Å²) in [5, 5.41) is 13.4. The molecule has 0 radical (unpaired) electrons. The Morgan fingerprint density at radius 3 is 2.78 bits per heavy atom. The predicted octanol–water partition coefficient (Wildman–Crippen LogP) is 3.40. The highest BCUT2D eigenvalue weighted by atomic mass is 32.1. The third kappa shape index (κ3) is 2.62. The molecule has 1 aromatic heterocycles. The van der Waals surface area contributed by atoms with Crippen LogP contribution in [0.1, 0.15) is 42.7 Å². The average molecular weight is 260 g/mol. The number of nitrogens with one attached hydrogen (secondary N) is 1. The van der Waals surface area contributed by atoms with Crippen LogP contribution in [-0.4, -0.2) is 5.78 Å². The van der Waals surface area contributed by atoms with Crippen molar-refractivity contribution in [2.24, 2.45) is 0 Å². The van der Waals surface area contributed by atoms with Crippen molar-refractivity contribution in [1.82, 2.24) is 0 Å². The van der Waals surface area contributed by atoms with Gasteiger partial charge in [-0.2, -0.15) is 5.26 Å². The Kier molecular flexibility index (Phi) is 3.83. The van der Waals surface area contributed by atoms with Crippen LogP contribution in [0.25, 0.3) is 0 Å². The van der Waals surface area contributed by atoms with Crippen LogP contribution in [0.15, 0.2) is 11.8 Å². The molecule has 0 saturated heterocycles. The summed E-state index contributed by atoms with van der Waals surface area (Å²) in [4.78, 5) is 12.3. The highest BCUT2D eigenvalue weighted by Gasteiger charge is 2.20. The normalized spacial score (nSPS) is 14.8. The molecule has 0 saturated carbocycles. The molecular weight excluding hydrogens is 244 g/mol. The van der Waals surface area contributed by atoms with Crippen LogP contribution >= 0.6 is 11.3 Å². The van der Waals surface area contributed by atoms with Gasteiger partial charge in [0, 0.05) is 10.6 Å². The number of thiophene rings is 1. The topological polar surface area (TPSA) is 52.9 Å². The summed E-state index contributed by atoms with van der Waals surface area (Å²) in [6, 6.07) is 2.30. The molecule has 0 spiro atoms. The molecule has 3 nitrogen and oxygen atoms in total. The lowest BCUT2D eigenvalue weighted by Gasteiger charge is -2.09. The summed E-state index contributed by atoms with van der Waals surface area (Å²) in [6.45, 7) is 3.37. The zero-order valence-corrected chi connectivity index (χ0v) is 11.5. The van der Waals surface area contributed by atoms with E-state index >= 15 is 0 Å². The van der Waals surface area contributed by atoms with Crippen molar-refractivity contribution in [2.45, 2.75) is 39.5 Å². The number of nitriles is 1. The van der Waals surface area contributed by atoms with Crippen molar-refractivity contribution in [2.75, 3.05) is 5.32 Å². The summed E-state index contributed by atoms with van der Waals surface area (Å²) < 4.78 is 0. The number of hydrogen-bond donors (Lipinski definition) is 1. The van der Waals surface area contributed by atoms with E-state index in [4.69, 9.17) is 0 Å². The fourth-order valence-corrected chi connectivity index (χ4v) is 3.60. The van der Waals surface area contributed by atoms with E-state index in [1.807, 2.05) is 6.92 Å². The minimum absolute atomic E-state index is 0.0137. The van der Waals surface area contributed by atoms with Gasteiger partial charge in [-0.15, -0.1) is 11.3 Å². The van der Waals surface area contributed by atoms with Crippen LogP contribution in [0.4, 0.5) is 5.00 Å². The molecular formula is C14H16N2OS. The molecule has 0 aliphatic heterocycles. The lowest BCUT2D eigenvalue weighted by Crippen LogP contribution is -2.01. The number of allylic oxidation sites excluding steroid dienone is 2. The number of fused-ring (bicyclic) bond motifs is 1. The quantitative estimate of drug-likeness (QED) is 0.847. The number of ketones is 1. The number of aryl methyl sites for hydroxylation is 1. The van der Waals surface area contributed by atoms with E-state index in [1.54, 1.807) is 17.4 Å². The molecule has 94 valence electrons. The van der Waals surface area contributed by atoms with Gasteiger partial charge in [-0.3, -0.25) is 4.79 Å². The molecule has 18 heavy (non-hydrogen) atoms. The van der Waals surface area contributed by atoms with Gasteiger partial charge in [-0.05, 0) is 51.2 Å². The Hall–Kier alpha value is -1.60.